The number of nitrogens with two attached hydrogens (primary N) is 1. The Morgan fingerprint density at radius 1 is 1.36 bits per heavy atom. The molecule has 1 heterocycles. The molecule has 1 fully saturated rings. The van der Waals surface area contributed by atoms with Gasteiger partial charge in [-0.3, -0.25) is 4.99 Å². The molecule has 0 spiro atoms. The van der Waals surface area contributed by atoms with Crippen molar-refractivity contribution in [2.45, 2.75) is 18.3 Å². The van der Waals surface area contributed by atoms with Gasteiger partial charge in [-0.25, -0.2) is 4.98 Å². The minimum atomic E-state index is 0.0220. The molecule has 0 atom stereocenters. The van der Waals surface area contributed by atoms with Crippen molar-refractivity contribution in [3.63, 3.8) is 0 Å². The first-order chi connectivity index (χ1) is 10.6. The molecule has 1 aliphatic carbocycles. The highest BCUT2D eigenvalue weighted by Crippen LogP contribution is 2.51. The molecular weight excluding hydrogens is 364 g/mol. The highest BCUT2D eigenvalue weighted by atomic mass is 79.9. The van der Waals surface area contributed by atoms with Gasteiger partial charge in [0.2, 0.25) is 0 Å². The lowest BCUT2D eigenvalue weighted by atomic mass is 9.96. The van der Waals surface area contributed by atoms with E-state index in [0.717, 1.165) is 27.9 Å². The zero-order valence-electron chi connectivity index (χ0n) is 11.9. The molecule has 6 heteroatoms. The number of halogens is 2. The van der Waals surface area contributed by atoms with Crippen LogP contribution in [-0.2, 0) is 5.41 Å². The molecule has 1 saturated carbocycles. The maximum atomic E-state index is 6.36. The Balaban J connectivity index is 1.71. The van der Waals surface area contributed by atoms with Gasteiger partial charge in [0, 0.05) is 21.1 Å². The van der Waals surface area contributed by atoms with Crippen LogP contribution >= 0.6 is 27.5 Å². The summed E-state index contributed by atoms with van der Waals surface area (Å²) in [5.41, 5.74) is 7.11. The summed E-state index contributed by atoms with van der Waals surface area (Å²) < 4.78 is 0.983. The summed E-state index contributed by atoms with van der Waals surface area (Å²) in [6.45, 7) is 0.625. The van der Waals surface area contributed by atoms with Crippen LogP contribution in [0, 0.1) is 0 Å². The third-order valence-corrected chi connectivity index (χ3v) is 4.64. The first-order valence-electron chi connectivity index (χ1n) is 7.03. The van der Waals surface area contributed by atoms with Crippen LogP contribution in [0.1, 0.15) is 18.4 Å². The predicted molar refractivity (Wildman–Crippen MR) is 94.4 cm³/mol. The highest BCUT2D eigenvalue weighted by Gasteiger charge is 2.45. The SMILES string of the molecule is NC(=NCC1(c2ccc(Br)cc2Cl)CC1)Nc1ccccn1. The van der Waals surface area contributed by atoms with E-state index in [4.69, 9.17) is 17.3 Å². The van der Waals surface area contributed by atoms with E-state index in [0.29, 0.717) is 18.3 Å². The summed E-state index contributed by atoms with van der Waals surface area (Å²) in [6.07, 6.45) is 3.86. The Hall–Kier alpha value is -1.59. The van der Waals surface area contributed by atoms with Gasteiger partial charge >= 0.3 is 0 Å². The molecule has 1 aromatic carbocycles. The first-order valence-corrected chi connectivity index (χ1v) is 8.20. The minimum Gasteiger partial charge on any atom is -0.370 e. The van der Waals surface area contributed by atoms with Crippen LogP contribution in [-0.4, -0.2) is 17.5 Å². The number of nitrogens with zero attached hydrogens (tertiary/aromatic N) is 2. The van der Waals surface area contributed by atoms with Gasteiger partial charge in [0.25, 0.3) is 0 Å². The number of aromatic nitrogens is 1. The third-order valence-electron chi connectivity index (χ3n) is 3.83. The highest BCUT2D eigenvalue weighted by molar-refractivity contribution is 9.10. The predicted octanol–water partition coefficient (Wildman–Crippen LogP) is 3.96. The summed E-state index contributed by atoms with van der Waals surface area (Å²) in [6, 6.07) is 11.6. The second-order valence-corrected chi connectivity index (χ2v) is 6.77. The number of guanidine groups is 1. The third kappa shape index (κ3) is 3.42. The van der Waals surface area contributed by atoms with Crippen LogP contribution in [0.2, 0.25) is 5.02 Å². The van der Waals surface area contributed by atoms with Gasteiger partial charge in [-0.2, -0.15) is 0 Å². The topological polar surface area (TPSA) is 63.3 Å². The summed E-state index contributed by atoms with van der Waals surface area (Å²) >= 11 is 9.80. The molecule has 0 unspecified atom stereocenters. The van der Waals surface area contributed by atoms with E-state index in [1.807, 2.05) is 30.3 Å². The second-order valence-electron chi connectivity index (χ2n) is 5.45. The number of hydrogen-bond donors (Lipinski definition) is 2. The van der Waals surface area contributed by atoms with Crippen molar-refractivity contribution in [1.82, 2.24) is 4.98 Å². The summed E-state index contributed by atoms with van der Waals surface area (Å²) in [5.74, 6) is 1.06. The summed E-state index contributed by atoms with van der Waals surface area (Å²) in [7, 11) is 0. The Labute approximate surface area is 142 Å². The number of nitrogens with one attached hydrogen (secondary N) is 1. The number of rotatable bonds is 4. The van der Waals surface area contributed by atoms with Crippen LogP contribution in [0.15, 0.2) is 52.1 Å². The fraction of sp³-hybridized carbons (Fsp3) is 0.250. The molecule has 0 amide bonds. The van der Waals surface area contributed by atoms with Crippen LogP contribution in [0.4, 0.5) is 5.82 Å². The largest absolute Gasteiger partial charge is 0.370 e. The van der Waals surface area contributed by atoms with Crippen molar-refractivity contribution in [2.75, 3.05) is 11.9 Å². The smallest absolute Gasteiger partial charge is 0.194 e. The van der Waals surface area contributed by atoms with Crippen molar-refractivity contribution in [3.05, 3.63) is 57.7 Å². The summed E-state index contributed by atoms with van der Waals surface area (Å²) in [4.78, 5) is 8.63. The van der Waals surface area contributed by atoms with Crippen LogP contribution in [0.5, 0.6) is 0 Å². The molecule has 2 aromatic rings. The van der Waals surface area contributed by atoms with E-state index in [9.17, 15) is 0 Å². The van der Waals surface area contributed by atoms with Gasteiger partial charge in [0.05, 0.1) is 6.54 Å². The second kappa shape index (κ2) is 6.26. The fourth-order valence-corrected chi connectivity index (χ4v) is 3.30. The van der Waals surface area contributed by atoms with Gasteiger partial charge in [-0.05, 0) is 42.7 Å². The van der Waals surface area contributed by atoms with E-state index >= 15 is 0 Å². The van der Waals surface area contributed by atoms with Crippen molar-refractivity contribution >= 4 is 39.3 Å². The molecule has 1 aromatic heterocycles. The van der Waals surface area contributed by atoms with Crippen molar-refractivity contribution in [1.29, 1.82) is 0 Å². The molecule has 0 saturated heterocycles. The molecule has 0 aliphatic heterocycles. The van der Waals surface area contributed by atoms with Gasteiger partial charge in [-0.15, -0.1) is 0 Å². The van der Waals surface area contributed by atoms with Gasteiger partial charge in [0.1, 0.15) is 5.82 Å². The first kappa shape index (κ1) is 15.3. The van der Waals surface area contributed by atoms with Gasteiger partial charge < -0.3 is 11.1 Å². The Morgan fingerprint density at radius 2 is 2.18 bits per heavy atom. The van der Waals surface area contributed by atoms with Gasteiger partial charge in [0.15, 0.2) is 5.96 Å². The zero-order chi connectivity index (χ0) is 15.6. The Bertz CT molecular complexity index is 699. The van der Waals surface area contributed by atoms with Crippen molar-refractivity contribution in [3.8, 4) is 0 Å². The van der Waals surface area contributed by atoms with Gasteiger partial charge in [-0.1, -0.05) is 39.7 Å². The van der Waals surface area contributed by atoms with Crippen LogP contribution in [0.3, 0.4) is 0 Å². The lowest BCUT2D eigenvalue weighted by Crippen LogP contribution is -2.25. The maximum Gasteiger partial charge on any atom is 0.194 e. The van der Waals surface area contributed by atoms with Crippen molar-refractivity contribution < 1.29 is 0 Å². The minimum absolute atomic E-state index is 0.0220. The van der Waals surface area contributed by atoms with E-state index in [-0.39, 0.29) is 5.41 Å². The monoisotopic (exact) mass is 378 g/mol. The summed E-state index contributed by atoms with van der Waals surface area (Å²) in [5, 5.41) is 3.77. The average molecular weight is 380 g/mol. The molecular formula is C16H16BrClN4. The Kier molecular flexibility index (Phi) is 4.36. The molecule has 0 bridgehead atoms. The van der Waals surface area contributed by atoms with Crippen LogP contribution < -0.4 is 11.1 Å². The van der Waals surface area contributed by atoms with E-state index in [1.54, 1.807) is 6.20 Å². The molecule has 4 nitrogen and oxygen atoms in total. The molecule has 114 valence electrons. The average Bonchev–Trinajstić information content (AvgIpc) is 3.27. The van der Waals surface area contributed by atoms with Crippen LogP contribution in [0.25, 0.3) is 0 Å². The number of benzene rings is 1. The van der Waals surface area contributed by atoms with E-state index in [2.05, 4.69) is 37.3 Å². The molecule has 3 N–H and O–H groups in total. The fourth-order valence-electron chi connectivity index (χ4n) is 2.43. The molecule has 1 aliphatic rings. The number of anilines is 1. The Morgan fingerprint density at radius 3 is 2.82 bits per heavy atom. The maximum absolute atomic E-state index is 6.36. The lowest BCUT2D eigenvalue weighted by Gasteiger charge is -2.15. The molecule has 22 heavy (non-hydrogen) atoms. The zero-order valence-corrected chi connectivity index (χ0v) is 14.2. The standard InChI is InChI=1S/C16H16BrClN4/c17-11-4-5-12(13(18)9-11)16(6-7-16)10-21-15(19)22-14-3-1-2-8-20-14/h1-5,8-9H,6-7,10H2,(H3,19,20,21,22). The van der Waals surface area contributed by atoms with E-state index in [1.165, 1.54) is 0 Å². The normalized spacial score (nSPS) is 16.4. The lowest BCUT2D eigenvalue weighted by molar-refractivity contribution is 0.705. The number of hydrogen-bond acceptors (Lipinski definition) is 2. The van der Waals surface area contributed by atoms with Crippen molar-refractivity contribution in [2.24, 2.45) is 10.7 Å². The quantitative estimate of drug-likeness (QED) is 0.624. The molecule has 0 radical (unpaired) electrons. The number of aliphatic imine (C=N–C) groups is 1. The van der Waals surface area contributed by atoms with E-state index < -0.39 is 0 Å². The number of pyridine rings is 1. The molecule has 3 rings (SSSR count).